The van der Waals surface area contributed by atoms with Gasteiger partial charge in [-0.25, -0.2) is 4.98 Å². The molecule has 0 saturated carbocycles. The van der Waals surface area contributed by atoms with Crippen LogP contribution in [-0.4, -0.2) is 38.2 Å². The Morgan fingerprint density at radius 3 is 2.80 bits per heavy atom. The van der Waals surface area contributed by atoms with Gasteiger partial charge in [-0.05, 0) is 42.3 Å². The number of carbonyl (C=O) groups is 1. The van der Waals surface area contributed by atoms with Crippen LogP contribution in [0.1, 0.15) is 34.2 Å². The number of rotatable bonds is 6. The Balaban J connectivity index is 1.67. The average molecular weight is 405 g/mol. The van der Waals surface area contributed by atoms with Gasteiger partial charge in [0.15, 0.2) is 5.82 Å². The summed E-state index contributed by atoms with van der Waals surface area (Å²) in [5.74, 6) is -0.114. The summed E-state index contributed by atoms with van der Waals surface area (Å²) in [6.07, 6.45) is 4.07. The van der Waals surface area contributed by atoms with E-state index < -0.39 is 4.92 Å². The zero-order valence-electron chi connectivity index (χ0n) is 17.0. The van der Waals surface area contributed by atoms with Crippen LogP contribution in [0.5, 0.6) is 0 Å². The summed E-state index contributed by atoms with van der Waals surface area (Å²) in [4.78, 5) is 30.4. The van der Waals surface area contributed by atoms with Crippen LogP contribution in [0.15, 0.2) is 48.8 Å². The number of likely N-dealkylation sites (N-methyl/N-ethyl adjacent to an activating group) is 1. The lowest BCUT2D eigenvalue weighted by atomic mass is 9.97. The zero-order chi connectivity index (χ0) is 21.3. The minimum atomic E-state index is -0.467. The highest BCUT2D eigenvalue weighted by molar-refractivity contribution is 6.07. The number of hydrogen-bond acceptors (Lipinski definition) is 6. The average Bonchev–Trinajstić information content (AvgIpc) is 3.19. The molecule has 4 rings (SSSR count). The van der Waals surface area contributed by atoms with Crippen molar-refractivity contribution in [1.29, 1.82) is 0 Å². The normalized spacial score (nSPS) is 13.7. The van der Waals surface area contributed by atoms with Gasteiger partial charge in [-0.3, -0.25) is 19.8 Å². The number of nitro benzene ring substituents is 1. The molecule has 0 spiro atoms. The smallest absolute Gasteiger partial charge is 0.293 e. The second-order valence-electron chi connectivity index (χ2n) is 7.37. The van der Waals surface area contributed by atoms with Crippen LogP contribution in [-0.2, 0) is 20.0 Å². The molecule has 8 nitrogen and oxygen atoms in total. The zero-order valence-corrected chi connectivity index (χ0v) is 17.0. The second-order valence-corrected chi connectivity index (χ2v) is 7.37. The molecular formula is C22H23N5O3. The van der Waals surface area contributed by atoms with Crippen molar-refractivity contribution < 1.29 is 9.72 Å². The van der Waals surface area contributed by atoms with Crippen molar-refractivity contribution in [1.82, 2.24) is 14.5 Å². The Hall–Kier alpha value is -3.52. The summed E-state index contributed by atoms with van der Waals surface area (Å²) >= 11 is 0. The highest BCUT2D eigenvalue weighted by atomic mass is 16.6. The van der Waals surface area contributed by atoms with E-state index in [0.29, 0.717) is 5.69 Å². The van der Waals surface area contributed by atoms with Crippen LogP contribution in [0, 0.1) is 10.1 Å². The van der Waals surface area contributed by atoms with E-state index in [9.17, 15) is 14.9 Å². The van der Waals surface area contributed by atoms with E-state index in [1.54, 1.807) is 29.9 Å². The van der Waals surface area contributed by atoms with E-state index in [1.807, 2.05) is 12.1 Å². The van der Waals surface area contributed by atoms with Crippen molar-refractivity contribution in [3.8, 4) is 0 Å². The Morgan fingerprint density at radius 1 is 1.27 bits per heavy atom. The van der Waals surface area contributed by atoms with Crippen LogP contribution in [0.3, 0.4) is 0 Å². The van der Waals surface area contributed by atoms with E-state index in [4.69, 9.17) is 0 Å². The molecule has 0 aliphatic carbocycles. The number of imidazole rings is 1. The summed E-state index contributed by atoms with van der Waals surface area (Å²) in [5.41, 5.74) is 3.74. The van der Waals surface area contributed by atoms with Gasteiger partial charge >= 0.3 is 0 Å². The van der Waals surface area contributed by atoms with Gasteiger partial charge in [0.25, 0.3) is 5.69 Å². The number of aromatic nitrogens is 2. The molecule has 0 saturated heterocycles. The SMILES string of the molecule is CCN1CCc2c(cccc2Nc2ccc(C(=O)c3nccn3C)cc2[N+](=O)[O-])C1. The molecule has 8 heteroatoms. The summed E-state index contributed by atoms with van der Waals surface area (Å²) in [7, 11) is 1.71. The number of nitrogens with zero attached hydrogens (tertiary/aromatic N) is 4. The van der Waals surface area contributed by atoms with Gasteiger partial charge in [-0.2, -0.15) is 0 Å². The topological polar surface area (TPSA) is 93.3 Å². The molecule has 1 N–H and O–H groups in total. The first kappa shape index (κ1) is 19.8. The number of carbonyl (C=O) groups excluding carboxylic acids is 1. The predicted molar refractivity (Wildman–Crippen MR) is 114 cm³/mol. The van der Waals surface area contributed by atoms with Crippen molar-refractivity contribution in [3.05, 3.63) is 81.4 Å². The van der Waals surface area contributed by atoms with Crippen LogP contribution in [0.2, 0.25) is 0 Å². The van der Waals surface area contributed by atoms with Gasteiger partial charge in [0.1, 0.15) is 5.69 Å². The fraction of sp³-hybridized carbons (Fsp3) is 0.273. The maximum atomic E-state index is 12.7. The maximum Gasteiger partial charge on any atom is 0.293 e. The minimum Gasteiger partial charge on any atom is -0.350 e. The van der Waals surface area contributed by atoms with E-state index in [0.717, 1.165) is 31.7 Å². The van der Waals surface area contributed by atoms with E-state index in [-0.39, 0.29) is 22.9 Å². The quantitative estimate of drug-likeness (QED) is 0.382. The lowest BCUT2D eigenvalue weighted by molar-refractivity contribution is -0.383. The molecular weight excluding hydrogens is 382 g/mol. The highest BCUT2D eigenvalue weighted by Crippen LogP contribution is 2.33. The maximum absolute atomic E-state index is 12.7. The highest BCUT2D eigenvalue weighted by Gasteiger charge is 2.23. The molecule has 0 radical (unpaired) electrons. The fourth-order valence-electron chi connectivity index (χ4n) is 3.84. The Kier molecular flexibility index (Phi) is 5.33. The molecule has 0 atom stereocenters. The van der Waals surface area contributed by atoms with Gasteiger partial charge in [0.2, 0.25) is 5.78 Å². The lowest BCUT2D eigenvalue weighted by Crippen LogP contribution is -2.30. The van der Waals surface area contributed by atoms with Gasteiger partial charge in [0.05, 0.1) is 4.92 Å². The number of benzene rings is 2. The second kappa shape index (κ2) is 8.08. The Bertz CT molecular complexity index is 1120. The van der Waals surface area contributed by atoms with Crippen molar-refractivity contribution in [2.24, 2.45) is 7.05 Å². The number of nitro groups is 1. The van der Waals surface area contributed by atoms with E-state index in [1.165, 1.54) is 23.4 Å². The van der Waals surface area contributed by atoms with Crippen molar-refractivity contribution in [3.63, 3.8) is 0 Å². The number of aryl methyl sites for hydroxylation is 1. The first-order valence-electron chi connectivity index (χ1n) is 9.88. The molecule has 2 aromatic carbocycles. The van der Waals surface area contributed by atoms with Crippen LogP contribution in [0.4, 0.5) is 17.1 Å². The van der Waals surface area contributed by atoms with Gasteiger partial charge in [-0.15, -0.1) is 0 Å². The van der Waals surface area contributed by atoms with Crippen molar-refractivity contribution in [2.75, 3.05) is 18.4 Å². The molecule has 3 aromatic rings. The predicted octanol–water partition coefficient (Wildman–Crippen LogP) is 3.68. The molecule has 0 fully saturated rings. The number of hydrogen-bond donors (Lipinski definition) is 1. The number of anilines is 2. The molecule has 1 aliphatic rings. The largest absolute Gasteiger partial charge is 0.350 e. The fourth-order valence-corrected chi connectivity index (χ4v) is 3.84. The van der Waals surface area contributed by atoms with Crippen molar-refractivity contribution in [2.45, 2.75) is 19.9 Å². The number of nitrogens with one attached hydrogen (secondary N) is 1. The van der Waals surface area contributed by atoms with E-state index in [2.05, 4.69) is 28.2 Å². The van der Waals surface area contributed by atoms with Gasteiger partial charge < -0.3 is 9.88 Å². The van der Waals surface area contributed by atoms with Gasteiger partial charge in [-0.1, -0.05) is 19.1 Å². The summed E-state index contributed by atoms with van der Waals surface area (Å²) < 4.78 is 1.59. The number of fused-ring (bicyclic) bond motifs is 1. The summed E-state index contributed by atoms with van der Waals surface area (Å²) in [6.45, 7) is 4.97. The number of ketones is 1. The first-order valence-corrected chi connectivity index (χ1v) is 9.88. The van der Waals surface area contributed by atoms with E-state index >= 15 is 0 Å². The molecule has 30 heavy (non-hydrogen) atoms. The molecule has 1 aromatic heterocycles. The third-order valence-electron chi connectivity index (χ3n) is 5.54. The Labute approximate surface area is 174 Å². The summed E-state index contributed by atoms with van der Waals surface area (Å²) in [5, 5.41) is 15.0. The third kappa shape index (κ3) is 3.69. The molecule has 0 bridgehead atoms. The van der Waals surface area contributed by atoms with Crippen LogP contribution < -0.4 is 5.32 Å². The first-order chi connectivity index (χ1) is 14.5. The molecule has 2 heterocycles. The van der Waals surface area contributed by atoms with Gasteiger partial charge in [0, 0.05) is 49.8 Å². The molecule has 1 aliphatic heterocycles. The summed E-state index contributed by atoms with van der Waals surface area (Å²) in [6, 6.07) is 10.5. The minimum absolute atomic E-state index is 0.140. The molecule has 0 amide bonds. The Morgan fingerprint density at radius 2 is 2.10 bits per heavy atom. The molecule has 0 unspecified atom stereocenters. The van der Waals surface area contributed by atoms with Crippen LogP contribution >= 0.6 is 0 Å². The lowest BCUT2D eigenvalue weighted by Gasteiger charge is -2.29. The molecule has 154 valence electrons. The van der Waals surface area contributed by atoms with Crippen molar-refractivity contribution >= 4 is 22.8 Å². The monoisotopic (exact) mass is 405 g/mol. The standard InChI is InChI=1S/C22H23N5O3/c1-3-26-11-9-17-16(14-26)5-4-6-18(17)24-19-8-7-15(13-20(19)27(29)30)21(28)22-23-10-12-25(22)2/h4-8,10,12-13,24H,3,9,11,14H2,1-2H3. The third-order valence-corrected chi connectivity index (χ3v) is 5.54. The van der Waals surface area contributed by atoms with Crippen LogP contribution in [0.25, 0.3) is 0 Å².